The first-order valence-electron chi connectivity index (χ1n) is 6.52. The lowest BCUT2D eigenvalue weighted by Crippen LogP contribution is -2.58. The number of likely N-dealkylation sites (tertiary alicyclic amines) is 1. The van der Waals surface area contributed by atoms with E-state index < -0.39 is 30.1 Å². The van der Waals surface area contributed by atoms with Crippen molar-refractivity contribution in [2.45, 2.75) is 24.9 Å². The molecule has 2 amide bonds. The van der Waals surface area contributed by atoms with Gasteiger partial charge in [0.2, 0.25) is 0 Å². The van der Waals surface area contributed by atoms with Crippen molar-refractivity contribution in [3.63, 3.8) is 0 Å². The normalized spacial score (nSPS) is 26.4. The maximum Gasteiger partial charge on any atom is 0.331 e. The van der Waals surface area contributed by atoms with Gasteiger partial charge in [-0.25, -0.2) is 14.4 Å². The molecule has 2 rings (SSSR count). The van der Waals surface area contributed by atoms with E-state index in [1.54, 1.807) is 0 Å². The molecule has 0 aromatic heterocycles. The molecule has 20 heavy (non-hydrogen) atoms. The van der Waals surface area contributed by atoms with Gasteiger partial charge in [-0.15, -0.1) is 0 Å². The van der Waals surface area contributed by atoms with Crippen LogP contribution in [-0.2, 0) is 19.1 Å². The largest absolute Gasteiger partial charge is 0.480 e. The van der Waals surface area contributed by atoms with Crippen molar-refractivity contribution in [1.82, 2.24) is 9.80 Å². The Morgan fingerprint density at radius 2 is 1.90 bits per heavy atom. The van der Waals surface area contributed by atoms with Gasteiger partial charge in [0.25, 0.3) is 0 Å². The van der Waals surface area contributed by atoms with Crippen molar-refractivity contribution in [3.05, 3.63) is 0 Å². The van der Waals surface area contributed by atoms with Crippen molar-refractivity contribution in [2.24, 2.45) is 0 Å². The maximum absolute atomic E-state index is 12.5. The summed E-state index contributed by atoms with van der Waals surface area (Å²) in [4.78, 5) is 37.9. The van der Waals surface area contributed by atoms with Crippen LogP contribution in [0.15, 0.2) is 0 Å². The average molecular weight is 286 g/mol. The first-order chi connectivity index (χ1) is 9.56. The van der Waals surface area contributed by atoms with Crippen LogP contribution in [0, 0.1) is 0 Å². The van der Waals surface area contributed by atoms with Gasteiger partial charge in [-0.05, 0) is 12.8 Å². The van der Waals surface area contributed by atoms with Crippen LogP contribution in [0.4, 0.5) is 4.79 Å². The zero-order chi connectivity index (χ0) is 14.7. The highest BCUT2D eigenvalue weighted by atomic mass is 16.5. The Morgan fingerprint density at radius 1 is 1.20 bits per heavy atom. The second kappa shape index (κ2) is 6.08. The lowest BCUT2D eigenvalue weighted by Gasteiger charge is -2.37. The van der Waals surface area contributed by atoms with Crippen LogP contribution in [-0.4, -0.2) is 78.4 Å². The highest BCUT2D eigenvalue weighted by Crippen LogP contribution is 2.21. The molecule has 8 heteroatoms. The minimum atomic E-state index is -1.02. The Morgan fingerprint density at radius 3 is 2.55 bits per heavy atom. The molecular weight excluding hydrogens is 268 g/mol. The van der Waals surface area contributed by atoms with Crippen molar-refractivity contribution < 1.29 is 29.0 Å². The van der Waals surface area contributed by atoms with Gasteiger partial charge in [0.05, 0.1) is 20.3 Å². The van der Waals surface area contributed by atoms with E-state index in [1.165, 1.54) is 16.9 Å². The molecular formula is C12H18N2O6. The molecule has 1 N–H and O–H groups in total. The van der Waals surface area contributed by atoms with Gasteiger partial charge in [-0.1, -0.05) is 0 Å². The van der Waals surface area contributed by atoms with Crippen LogP contribution in [0.3, 0.4) is 0 Å². The second-order valence-electron chi connectivity index (χ2n) is 4.78. The molecule has 2 fully saturated rings. The molecule has 8 nitrogen and oxygen atoms in total. The zero-order valence-electron chi connectivity index (χ0n) is 11.3. The van der Waals surface area contributed by atoms with Crippen LogP contribution < -0.4 is 0 Å². The summed E-state index contributed by atoms with van der Waals surface area (Å²) >= 11 is 0. The fourth-order valence-corrected chi connectivity index (χ4v) is 2.58. The number of carboxylic acid groups (broad SMARTS) is 1. The molecule has 0 saturated carbocycles. The molecule has 0 aliphatic carbocycles. The van der Waals surface area contributed by atoms with Gasteiger partial charge >= 0.3 is 18.0 Å². The number of urea groups is 1. The summed E-state index contributed by atoms with van der Waals surface area (Å²) in [5, 5.41) is 9.12. The second-order valence-corrected chi connectivity index (χ2v) is 4.78. The smallest absolute Gasteiger partial charge is 0.331 e. The van der Waals surface area contributed by atoms with E-state index in [9.17, 15) is 14.4 Å². The standard InChI is InChI=1S/C12H18N2O6/c1-19-11(17)9-7-20-6-5-14(9)12(18)13-4-2-3-8(13)10(15)16/h8-9H,2-7H2,1H3,(H,15,16)/t8-,9?/m0/s1. The average Bonchev–Trinajstić information content (AvgIpc) is 2.95. The van der Waals surface area contributed by atoms with E-state index in [0.29, 0.717) is 26.0 Å². The minimum absolute atomic E-state index is 0.0734. The number of carbonyl (C=O) groups excluding carboxylic acids is 2. The number of amides is 2. The summed E-state index contributed by atoms with van der Waals surface area (Å²) in [5.41, 5.74) is 0. The van der Waals surface area contributed by atoms with Gasteiger partial charge in [0.1, 0.15) is 6.04 Å². The number of carboxylic acids is 1. The number of aliphatic carboxylic acids is 1. The molecule has 2 aliphatic heterocycles. The summed E-state index contributed by atoms with van der Waals surface area (Å²) in [6.07, 6.45) is 1.09. The predicted molar refractivity (Wildman–Crippen MR) is 66.1 cm³/mol. The summed E-state index contributed by atoms with van der Waals surface area (Å²) in [6, 6.07) is -2.06. The summed E-state index contributed by atoms with van der Waals surface area (Å²) in [6.45, 7) is 1.04. The molecule has 0 bridgehead atoms. The summed E-state index contributed by atoms with van der Waals surface area (Å²) < 4.78 is 9.85. The van der Waals surface area contributed by atoms with Crippen LogP contribution >= 0.6 is 0 Å². The van der Waals surface area contributed by atoms with Crippen LogP contribution in [0.2, 0.25) is 0 Å². The number of nitrogens with zero attached hydrogens (tertiary/aromatic N) is 2. The first-order valence-corrected chi connectivity index (χ1v) is 6.52. The quantitative estimate of drug-likeness (QED) is 0.689. The molecule has 112 valence electrons. The Kier molecular flexibility index (Phi) is 4.43. The van der Waals surface area contributed by atoms with Gasteiger partial charge in [0, 0.05) is 13.1 Å². The Hall–Kier alpha value is -1.83. The summed E-state index contributed by atoms with van der Waals surface area (Å²) in [5.74, 6) is -1.57. The number of esters is 1. The van der Waals surface area contributed by atoms with E-state index in [-0.39, 0.29) is 13.2 Å². The van der Waals surface area contributed by atoms with Crippen molar-refractivity contribution in [2.75, 3.05) is 33.4 Å². The topological polar surface area (TPSA) is 96.4 Å². The Bertz CT molecular complexity index is 413. The lowest BCUT2D eigenvalue weighted by molar-refractivity contribution is -0.151. The number of rotatable bonds is 2. The van der Waals surface area contributed by atoms with Crippen LogP contribution in [0.5, 0.6) is 0 Å². The number of hydrogen-bond acceptors (Lipinski definition) is 5. The lowest BCUT2D eigenvalue weighted by atomic mass is 10.2. The predicted octanol–water partition coefficient (Wildman–Crippen LogP) is -0.471. The van der Waals surface area contributed by atoms with Gasteiger partial charge in [0.15, 0.2) is 6.04 Å². The Labute approximate surface area is 116 Å². The van der Waals surface area contributed by atoms with Crippen LogP contribution in [0.25, 0.3) is 0 Å². The SMILES string of the molecule is COC(=O)C1COCCN1C(=O)N1CCC[C@H]1C(=O)O. The minimum Gasteiger partial charge on any atom is -0.480 e. The zero-order valence-corrected chi connectivity index (χ0v) is 11.3. The van der Waals surface area contributed by atoms with Crippen molar-refractivity contribution in [1.29, 1.82) is 0 Å². The Balaban J connectivity index is 2.13. The number of methoxy groups -OCH3 is 1. The molecule has 2 aliphatic rings. The van der Waals surface area contributed by atoms with Crippen molar-refractivity contribution in [3.8, 4) is 0 Å². The van der Waals surface area contributed by atoms with E-state index in [4.69, 9.17) is 9.84 Å². The van der Waals surface area contributed by atoms with E-state index in [0.717, 1.165) is 0 Å². The highest BCUT2D eigenvalue weighted by molar-refractivity contribution is 5.87. The third-order valence-corrected chi connectivity index (χ3v) is 3.63. The van der Waals surface area contributed by atoms with E-state index >= 15 is 0 Å². The van der Waals surface area contributed by atoms with E-state index in [2.05, 4.69) is 4.74 Å². The van der Waals surface area contributed by atoms with Gasteiger partial charge in [-0.2, -0.15) is 0 Å². The number of ether oxygens (including phenoxy) is 2. The molecule has 0 aromatic rings. The fourth-order valence-electron chi connectivity index (χ4n) is 2.58. The highest BCUT2D eigenvalue weighted by Gasteiger charge is 2.41. The van der Waals surface area contributed by atoms with Gasteiger partial charge in [-0.3, -0.25) is 0 Å². The number of carbonyl (C=O) groups is 3. The first kappa shape index (κ1) is 14.6. The molecule has 1 unspecified atom stereocenters. The van der Waals surface area contributed by atoms with Crippen molar-refractivity contribution >= 4 is 18.0 Å². The molecule has 2 atom stereocenters. The molecule has 0 aromatic carbocycles. The maximum atomic E-state index is 12.5. The fraction of sp³-hybridized carbons (Fsp3) is 0.750. The van der Waals surface area contributed by atoms with Gasteiger partial charge < -0.3 is 24.4 Å². The third-order valence-electron chi connectivity index (χ3n) is 3.63. The van der Waals surface area contributed by atoms with Crippen LogP contribution in [0.1, 0.15) is 12.8 Å². The molecule has 0 spiro atoms. The summed E-state index contributed by atoms with van der Waals surface area (Å²) in [7, 11) is 1.25. The van der Waals surface area contributed by atoms with E-state index in [1.807, 2.05) is 0 Å². The molecule has 0 radical (unpaired) electrons. The third kappa shape index (κ3) is 2.69. The number of hydrogen-bond donors (Lipinski definition) is 1. The molecule has 2 heterocycles. The number of morpholine rings is 1. The monoisotopic (exact) mass is 286 g/mol. The molecule has 2 saturated heterocycles.